The van der Waals surface area contributed by atoms with Gasteiger partial charge in [-0.25, -0.2) is 14.4 Å². The van der Waals surface area contributed by atoms with Crippen molar-refractivity contribution in [2.45, 2.75) is 24.3 Å². The normalized spacial score (nSPS) is 10.7. The number of benzene rings is 1. The highest BCUT2D eigenvalue weighted by atomic mass is 32.2. The van der Waals surface area contributed by atoms with Gasteiger partial charge in [-0.05, 0) is 24.6 Å². The number of halogens is 1. The Balaban J connectivity index is 1.66. The summed E-state index contributed by atoms with van der Waals surface area (Å²) >= 11 is 2.65. The van der Waals surface area contributed by atoms with Gasteiger partial charge in [-0.3, -0.25) is 9.59 Å². The average molecular weight is 390 g/mol. The van der Waals surface area contributed by atoms with Crippen molar-refractivity contribution in [3.63, 3.8) is 0 Å². The summed E-state index contributed by atoms with van der Waals surface area (Å²) in [6.45, 7) is 1.70. The molecule has 6 nitrogen and oxygen atoms in total. The van der Waals surface area contributed by atoms with E-state index in [0.717, 1.165) is 5.56 Å². The second kappa shape index (κ2) is 8.24. The first-order chi connectivity index (χ1) is 12.5. The molecule has 9 heteroatoms. The molecule has 3 rings (SSSR count). The summed E-state index contributed by atoms with van der Waals surface area (Å²) in [7, 11) is 0. The number of hydrogen-bond acceptors (Lipinski definition) is 6. The smallest absolute Gasteiger partial charge is 0.255 e. The molecule has 0 fully saturated rings. The molecule has 3 aromatic rings. The number of amides is 1. The summed E-state index contributed by atoms with van der Waals surface area (Å²) in [4.78, 5) is 35.4. The summed E-state index contributed by atoms with van der Waals surface area (Å²) in [6.07, 6.45) is 1.52. The van der Waals surface area contributed by atoms with Crippen LogP contribution < -0.4 is 10.9 Å². The number of aryl methyl sites for hydroxylation is 1. The molecule has 26 heavy (non-hydrogen) atoms. The first-order valence-electron chi connectivity index (χ1n) is 7.67. The van der Waals surface area contributed by atoms with Crippen LogP contribution in [-0.2, 0) is 17.0 Å². The summed E-state index contributed by atoms with van der Waals surface area (Å²) in [5.41, 5.74) is 1.41. The van der Waals surface area contributed by atoms with Crippen LogP contribution in [0.2, 0.25) is 0 Å². The third kappa shape index (κ3) is 4.77. The fraction of sp³-hybridized carbons (Fsp3) is 0.176. The maximum absolute atomic E-state index is 12.9. The molecule has 1 amide bonds. The van der Waals surface area contributed by atoms with E-state index in [1.807, 2.05) is 0 Å². The lowest BCUT2D eigenvalue weighted by molar-refractivity contribution is -0.115. The number of carbonyl (C=O) groups excluding carboxylic acids is 1. The summed E-state index contributed by atoms with van der Waals surface area (Å²) in [5, 5.41) is 5.34. The third-order valence-electron chi connectivity index (χ3n) is 3.51. The molecule has 0 spiro atoms. The topological polar surface area (TPSA) is 87.7 Å². The Morgan fingerprint density at radius 1 is 1.35 bits per heavy atom. The second-order valence-corrected chi connectivity index (χ2v) is 7.27. The van der Waals surface area contributed by atoms with Crippen molar-refractivity contribution in [2.75, 3.05) is 5.32 Å². The standard InChI is InChI=1S/C17H15FN4O2S2/c1-10-13(8-14(23)21-16-19-6-7-25-16)15(24)22-17(20-10)26-9-11-2-4-12(18)5-3-11/h2-7H,8-9H2,1H3,(H,19,21,23)(H,20,22,24). The molecule has 0 unspecified atom stereocenters. The number of aromatic nitrogens is 3. The highest BCUT2D eigenvalue weighted by Crippen LogP contribution is 2.19. The largest absolute Gasteiger partial charge is 0.302 e. The predicted octanol–water partition coefficient (Wildman–Crippen LogP) is 3.15. The van der Waals surface area contributed by atoms with Gasteiger partial charge in [-0.2, -0.15) is 0 Å². The number of nitrogens with one attached hydrogen (secondary N) is 2. The van der Waals surface area contributed by atoms with Crippen molar-refractivity contribution in [1.29, 1.82) is 0 Å². The molecular formula is C17H15FN4O2S2. The number of thiazole rings is 1. The Kier molecular flexibility index (Phi) is 5.79. The van der Waals surface area contributed by atoms with Crippen molar-refractivity contribution >= 4 is 34.1 Å². The fourth-order valence-electron chi connectivity index (χ4n) is 2.20. The third-order valence-corrected chi connectivity index (χ3v) is 5.14. The van der Waals surface area contributed by atoms with Crippen molar-refractivity contribution in [3.05, 3.63) is 68.8 Å². The SMILES string of the molecule is Cc1nc(SCc2ccc(F)cc2)[nH]c(=O)c1CC(=O)Nc1nccs1. The van der Waals surface area contributed by atoms with Gasteiger partial charge in [0.15, 0.2) is 10.3 Å². The zero-order valence-electron chi connectivity index (χ0n) is 13.8. The number of anilines is 1. The molecule has 2 N–H and O–H groups in total. The average Bonchev–Trinajstić information content (AvgIpc) is 3.10. The predicted molar refractivity (Wildman–Crippen MR) is 100 cm³/mol. The molecule has 134 valence electrons. The maximum Gasteiger partial charge on any atom is 0.255 e. The Labute approximate surface area is 156 Å². The fourth-order valence-corrected chi connectivity index (χ4v) is 3.61. The van der Waals surface area contributed by atoms with Gasteiger partial charge in [0.2, 0.25) is 5.91 Å². The van der Waals surface area contributed by atoms with Crippen LogP contribution in [-0.4, -0.2) is 20.9 Å². The molecule has 2 heterocycles. The zero-order valence-corrected chi connectivity index (χ0v) is 15.4. The molecule has 0 aliphatic rings. The Morgan fingerprint density at radius 2 is 2.12 bits per heavy atom. The summed E-state index contributed by atoms with van der Waals surface area (Å²) in [6, 6.07) is 6.15. The molecule has 2 aromatic heterocycles. The van der Waals surface area contributed by atoms with E-state index in [2.05, 4.69) is 20.3 Å². The van der Waals surface area contributed by atoms with E-state index >= 15 is 0 Å². The molecule has 0 aliphatic carbocycles. The monoisotopic (exact) mass is 390 g/mol. The van der Waals surface area contributed by atoms with Crippen molar-refractivity contribution in [2.24, 2.45) is 0 Å². The van der Waals surface area contributed by atoms with Gasteiger partial charge in [0.05, 0.1) is 6.42 Å². The number of H-pyrrole nitrogens is 1. The summed E-state index contributed by atoms with van der Waals surface area (Å²) < 4.78 is 12.9. The minimum Gasteiger partial charge on any atom is -0.302 e. The van der Waals surface area contributed by atoms with E-state index in [0.29, 0.717) is 27.3 Å². The van der Waals surface area contributed by atoms with E-state index in [4.69, 9.17) is 0 Å². The highest BCUT2D eigenvalue weighted by Gasteiger charge is 2.14. The lowest BCUT2D eigenvalue weighted by Crippen LogP contribution is -2.23. The van der Waals surface area contributed by atoms with E-state index < -0.39 is 0 Å². The van der Waals surface area contributed by atoms with Gasteiger partial charge in [-0.1, -0.05) is 23.9 Å². The number of thioether (sulfide) groups is 1. The zero-order chi connectivity index (χ0) is 18.5. The molecule has 0 bridgehead atoms. The minimum atomic E-state index is -0.339. The Morgan fingerprint density at radius 3 is 2.77 bits per heavy atom. The van der Waals surface area contributed by atoms with E-state index in [1.54, 1.807) is 30.6 Å². The minimum absolute atomic E-state index is 0.0728. The Bertz CT molecular complexity index is 956. The first kappa shape index (κ1) is 18.3. The van der Waals surface area contributed by atoms with E-state index in [1.165, 1.54) is 35.2 Å². The van der Waals surface area contributed by atoms with Gasteiger partial charge in [0, 0.05) is 28.6 Å². The number of rotatable bonds is 6. The van der Waals surface area contributed by atoms with Crippen LogP contribution in [0.5, 0.6) is 0 Å². The highest BCUT2D eigenvalue weighted by molar-refractivity contribution is 7.98. The van der Waals surface area contributed by atoms with Crippen LogP contribution in [0.1, 0.15) is 16.8 Å². The maximum atomic E-state index is 12.9. The van der Waals surface area contributed by atoms with Crippen LogP contribution >= 0.6 is 23.1 Å². The molecule has 0 saturated carbocycles. The first-order valence-corrected chi connectivity index (χ1v) is 9.54. The number of nitrogens with zero attached hydrogens (tertiary/aromatic N) is 2. The molecule has 0 aliphatic heterocycles. The molecular weight excluding hydrogens is 375 g/mol. The van der Waals surface area contributed by atoms with Crippen molar-refractivity contribution in [1.82, 2.24) is 15.0 Å². The van der Waals surface area contributed by atoms with Gasteiger partial charge in [0.25, 0.3) is 5.56 Å². The molecule has 0 atom stereocenters. The van der Waals surface area contributed by atoms with Crippen molar-refractivity contribution in [3.8, 4) is 0 Å². The number of aromatic amines is 1. The number of carbonyl (C=O) groups is 1. The van der Waals surface area contributed by atoms with Gasteiger partial charge in [0.1, 0.15) is 5.82 Å². The van der Waals surface area contributed by atoms with Crippen LogP contribution in [0.3, 0.4) is 0 Å². The lowest BCUT2D eigenvalue weighted by atomic mass is 10.1. The van der Waals surface area contributed by atoms with Crippen LogP contribution in [0.25, 0.3) is 0 Å². The van der Waals surface area contributed by atoms with Gasteiger partial charge < -0.3 is 10.3 Å². The second-order valence-electron chi connectivity index (χ2n) is 5.41. The van der Waals surface area contributed by atoms with Gasteiger partial charge >= 0.3 is 0 Å². The van der Waals surface area contributed by atoms with Crippen molar-refractivity contribution < 1.29 is 9.18 Å². The van der Waals surface area contributed by atoms with Crippen LogP contribution in [0, 0.1) is 12.7 Å². The van der Waals surface area contributed by atoms with Crippen LogP contribution in [0.15, 0.2) is 45.8 Å². The van der Waals surface area contributed by atoms with Gasteiger partial charge in [-0.15, -0.1) is 11.3 Å². The van der Waals surface area contributed by atoms with E-state index in [-0.39, 0.29) is 23.7 Å². The van der Waals surface area contributed by atoms with Crippen LogP contribution in [0.4, 0.5) is 9.52 Å². The molecule has 1 aromatic carbocycles. The Hall–Kier alpha value is -2.52. The van der Waals surface area contributed by atoms with E-state index in [9.17, 15) is 14.0 Å². The quantitative estimate of drug-likeness (QED) is 0.499. The molecule has 0 radical (unpaired) electrons. The summed E-state index contributed by atoms with van der Waals surface area (Å²) in [5.74, 6) is -0.0597. The lowest BCUT2D eigenvalue weighted by Gasteiger charge is -2.07. The molecule has 0 saturated heterocycles. The number of hydrogen-bond donors (Lipinski definition) is 2.